The fourth-order valence-corrected chi connectivity index (χ4v) is 3.17. The molecule has 0 radical (unpaired) electrons. The Morgan fingerprint density at radius 1 is 1.42 bits per heavy atom. The lowest BCUT2D eigenvalue weighted by atomic mass is 10.3. The molecule has 1 fully saturated rings. The van der Waals surface area contributed by atoms with E-state index in [0.29, 0.717) is 6.61 Å². The van der Waals surface area contributed by atoms with E-state index in [9.17, 15) is 0 Å². The van der Waals surface area contributed by atoms with E-state index in [-0.39, 0.29) is 0 Å². The maximum absolute atomic E-state index is 5.37. The van der Waals surface area contributed by atoms with Gasteiger partial charge in [0.2, 0.25) is 0 Å². The van der Waals surface area contributed by atoms with E-state index in [2.05, 4.69) is 17.1 Å². The molecule has 0 aliphatic carbocycles. The monoisotopic (exact) mass is 285 g/mol. The topological polar surface area (TPSA) is 46.6 Å². The first-order valence-electron chi connectivity index (χ1n) is 6.80. The van der Waals surface area contributed by atoms with Gasteiger partial charge in [0.25, 0.3) is 0 Å². The number of methoxy groups -OCH3 is 1. The van der Waals surface area contributed by atoms with Crippen molar-refractivity contribution in [2.24, 2.45) is 0 Å². The SMILES string of the molecule is CCNCc1sc(CN2CCOCC2)nc1COC. The summed E-state index contributed by atoms with van der Waals surface area (Å²) in [6.07, 6.45) is 0. The van der Waals surface area contributed by atoms with E-state index < -0.39 is 0 Å². The van der Waals surface area contributed by atoms with Crippen molar-refractivity contribution in [3.05, 3.63) is 15.6 Å². The van der Waals surface area contributed by atoms with Crippen molar-refractivity contribution in [2.75, 3.05) is 40.0 Å². The molecule has 0 unspecified atom stereocenters. The molecule has 19 heavy (non-hydrogen) atoms. The molecule has 1 N–H and O–H groups in total. The minimum Gasteiger partial charge on any atom is -0.379 e. The third kappa shape index (κ3) is 4.50. The minimum atomic E-state index is 0.598. The molecular weight excluding hydrogens is 262 g/mol. The van der Waals surface area contributed by atoms with Crippen molar-refractivity contribution >= 4 is 11.3 Å². The summed E-state index contributed by atoms with van der Waals surface area (Å²) in [6.45, 7) is 9.17. The van der Waals surface area contributed by atoms with Gasteiger partial charge in [0, 0.05) is 31.6 Å². The largest absolute Gasteiger partial charge is 0.379 e. The molecule has 0 amide bonds. The summed E-state index contributed by atoms with van der Waals surface area (Å²) >= 11 is 1.80. The molecule has 108 valence electrons. The van der Waals surface area contributed by atoms with Crippen LogP contribution in [0.4, 0.5) is 0 Å². The molecule has 1 aliphatic heterocycles. The van der Waals surface area contributed by atoms with Crippen LogP contribution in [0.3, 0.4) is 0 Å². The molecule has 0 aromatic carbocycles. The average Bonchev–Trinajstić information content (AvgIpc) is 2.80. The number of thiazole rings is 1. The van der Waals surface area contributed by atoms with Crippen molar-refractivity contribution in [1.82, 2.24) is 15.2 Å². The normalized spacial score (nSPS) is 16.9. The number of nitrogens with zero attached hydrogens (tertiary/aromatic N) is 2. The molecule has 6 heteroatoms. The average molecular weight is 285 g/mol. The van der Waals surface area contributed by atoms with E-state index in [4.69, 9.17) is 14.5 Å². The van der Waals surface area contributed by atoms with Crippen LogP contribution in [0.15, 0.2) is 0 Å². The first kappa shape index (κ1) is 14.9. The molecule has 0 saturated carbocycles. The van der Waals surface area contributed by atoms with E-state index in [1.54, 1.807) is 18.4 Å². The van der Waals surface area contributed by atoms with Crippen molar-refractivity contribution in [1.29, 1.82) is 0 Å². The van der Waals surface area contributed by atoms with Crippen molar-refractivity contribution in [2.45, 2.75) is 26.6 Å². The molecule has 2 rings (SSSR count). The Labute approximate surface area is 118 Å². The molecule has 1 saturated heterocycles. The minimum absolute atomic E-state index is 0.598. The van der Waals surface area contributed by atoms with Gasteiger partial charge in [-0.15, -0.1) is 11.3 Å². The molecule has 1 aromatic heterocycles. The predicted molar refractivity (Wildman–Crippen MR) is 76.3 cm³/mol. The number of morpholine rings is 1. The van der Waals surface area contributed by atoms with Crippen LogP contribution in [0.2, 0.25) is 0 Å². The lowest BCUT2D eigenvalue weighted by Crippen LogP contribution is -2.35. The van der Waals surface area contributed by atoms with Gasteiger partial charge in [0.1, 0.15) is 5.01 Å². The molecule has 0 spiro atoms. The van der Waals surface area contributed by atoms with Crippen molar-refractivity contribution in [3.8, 4) is 0 Å². The van der Waals surface area contributed by atoms with Crippen LogP contribution < -0.4 is 5.32 Å². The van der Waals surface area contributed by atoms with E-state index >= 15 is 0 Å². The molecule has 1 aliphatic rings. The zero-order valence-electron chi connectivity index (χ0n) is 11.8. The van der Waals surface area contributed by atoms with Crippen LogP contribution in [0.1, 0.15) is 22.5 Å². The van der Waals surface area contributed by atoms with Crippen LogP contribution >= 0.6 is 11.3 Å². The summed E-state index contributed by atoms with van der Waals surface area (Å²) in [4.78, 5) is 8.41. The molecule has 5 nitrogen and oxygen atoms in total. The summed E-state index contributed by atoms with van der Waals surface area (Å²) < 4.78 is 10.6. The van der Waals surface area contributed by atoms with Gasteiger partial charge in [-0.2, -0.15) is 0 Å². The van der Waals surface area contributed by atoms with E-state index in [0.717, 1.165) is 51.6 Å². The number of ether oxygens (including phenoxy) is 2. The van der Waals surface area contributed by atoms with Crippen LogP contribution in [0.5, 0.6) is 0 Å². The maximum Gasteiger partial charge on any atom is 0.107 e. The highest BCUT2D eigenvalue weighted by atomic mass is 32.1. The van der Waals surface area contributed by atoms with Gasteiger partial charge in [-0.05, 0) is 6.54 Å². The maximum atomic E-state index is 5.37. The molecule has 1 aromatic rings. The lowest BCUT2D eigenvalue weighted by molar-refractivity contribution is 0.0341. The quantitative estimate of drug-likeness (QED) is 0.816. The first-order valence-corrected chi connectivity index (χ1v) is 7.62. The number of hydrogen-bond donors (Lipinski definition) is 1. The smallest absolute Gasteiger partial charge is 0.107 e. The first-order chi connectivity index (χ1) is 9.33. The number of hydrogen-bond acceptors (Lipinski definition) is 6. The standard InChI is InChI=1S/C13H23N3O2S/c1-3-14-8-12-11(10-17-2)15-13(19-12)9-16-4-6-18-7-5-16/h14H,3-10H2,1-2H3. The Morgan fingerprint density at radius 3 is 2.89 bits per heavy atom. The van der Waals surface area contributed by atoms with Gasteiger partial charge in [-0.1, -0.05) is 6.92 Å². The van der Waals surface area contributed by atoms with Crippen LogP contribution in [-0.4, -0.2) is 49.8 Å². The molecule has 2 heterocycles. The Morgan fingerprint density at radius 2 is 2.21 bits per heavy atom. The second kappa shape index (κ2) is 7.91. The summed E-state index contributed by atoms with van der Waals surface area (Å²) in [6, 6.07) is 0. The highest BCUT2D eigenvalue weighted by Crippen LogP contribution is 2.21. The summed E-state index contributed by atoms with van der Waals surface area (Å²) in [5.74, 6) is 0. The molecule has 0 bridgehead atoms. The third-order valence-electron chi connectivity index (χ3n) is 3.10. The highest BCUT2D eigenvalue weighted by Gasteiger charge is 2.15. The third-order valence-corrected chi connectivity index (χ3v) is 4.18. The van der Waals surface area contributed by atoms with Crippen molar-refractivity contribution in [3.63, 3.8) is 0 Å². The van der Waals surface area contributed by atoms with Gasteiger partial charge in [0.05, 0.1) is 32.1 Å². The highest BCUT2D eigenvalue weighted by molar-refractivity contribution is 7.11. The van der Waals surface area contributed by atoms with Crippen LogP contribution in [-0.2, 0) is 29.2 Å². The number of rotatable bonds is 7. The van der Waals surface area contributed by atoms with E-state index in [1.807, 2.05) is 0 Å². The van der Waals surface area contributed by atoms with E-state index in [1.165, 1.54) is 9.88 Å². The Balaban J connectivity index is 1.98. The number of aromatic nitrogens is 1. The summed E-state index contributed by atoms with van der Waals surface area (Å²) in [7, 11) is 1.72. The van der Waals surface area contributed by atoms with Gasteiger partial charge in [-0.25, -0.2) is 4.98 Å². The fraction of sp³-hybridized carbons (Fsp3) is 0.769. The molecule has 0 atom stereocenters. The predicted octanol–water partition coefficient (Wildman–Crippen LogP) is 1.23. The fourth-order valence-electron chi connectivity index (χ4n) is 2.08. The summed E-state index contributed by atoms with van der Waals surface area (Å²) in [5, 5.41) is 4.54. The second-order valence-electron chi connectivity index (χ2n) is 4.58. The molecular formula is C13H23N3O2S. The van der Waals surface area contributed by atoms with Gasteiger partial charge < -0.3 is 14.8 Å². The van der Waals surface area contributed by atoms with Gasteiger partial charge in [0.15, 0.2) is 0 Å². The van der Waals surface area contributed by atoms with Gasteiger partial charge in [-0.3, -0.25) is 4.90 Å². The van der Waals surface area contributed by atoms with Gasteiger partial charge >= 0.3 is 0 Å². The van der Waals surface area contributed by atoms with Crippen molar-refractivity contribution < 1.29 is 9.47 Å². The van der Waals surface area contributed by atoms with Crippen LogP contribution in [0.25, 0.3) is 0 Å². The lowest BCUT2D eigenvalue weighted by Gasteiger charge is -2.25. The Bertz CT molecular complexity index is 378. The second-order valence-corrected chi connectivity index (χ2v) is 5.75. The zero-order valence-corrected chi connectivity index (χ0v) is 12.6. The number of nitrogens with one attached hydrogen (secondary N) is 1. The Kier molecular flexibility index (Phi) is 6.19. The van der Waals surface area contributed by atoms with Crippen LogP contribution in [0, 0.1) is 0 Å². The Hall–Kier alpha value is -0.530. The summed E-state index contributed by atoms with van der Waals surface area (Å²) in [5.41, 5.74) is 1.08. The zero-order chi connectivity index (χ0) is 13.5.